The molecule has 1 aromatic heterocycles. The van der Waals surface area contributed by atoms with Crippen molar-refractivity contribution in [3.05, 3.63) is 95.7 Å². The number of benzene rings is 3. The highest BCUT2D eigenvalue weighted by Gasteiger charge is 2.34. The summed E-state index contributed by atoms with van der Waals surface area (Å²) in [6.07, 6.45) is -2.17. The lowest BCUT2D eigenvalue weighted by Gasteiger charge is -2.20. The summed E-state index contributed by atoms with van der Waals surface area (Å²) >= 11 is 0. The van der Waals surface area contributed by atoms with E-state index in [0.29, 0.717) is 28.1 Å². The molecule has 0 fully saturated rings. The van der Waals surface area contributed by atoms with Crippen LogP contribution in [0.4, 0.5) is 8.78 Å². The van der Waals surface area contributed by atoms with Crippen LogP contribution in [0.3, 0.4) is 0 Å². The van der Waals surface area contributed by atoms with Crippen molar-refractivity contribution in [1.29, 1.82) is 0 Å². The normalized spacial score (nSPS) is 13.5. The first-order valence-electron chi connectivity index (χ1n) is 15.1. The molecule has 0 saturated heterocycles. The Balaban J connectivity index is 1.90. The second kappa shape index (κ2) is 15.1. The van der Waals surface area contributed by atoms with Gasteiger partial charge in [0.1, 0.15) is 16.5 Å². The van der Waals surface area contributed by atoms with Crippen LogP contribution in [-0.4, -0.2) is 61.2 Å². The molecular formula is C34H38F2N2O8S2. The number of nitrogens with zero attached hydrogens (tertiary/aromatic N) is 1. The van der Waals surface area contributed by atoms with Gasteiger partial charge in [0.25, 0.3) is 0 Å². The topological polar surface area (TPSA) is 163 Å². The van der Waals surface area contributed by atoms with Gasteiger partial charge in [-0.3, -0.25) is 4.79 Å². The number of carboxylic acids is 1. The third-order valence-corrected chi connectivity index (χ3v) is 10.4. The second-order valence-corrected chi connectivity index (χ2v) is 15.6. The number of aliphatic hydroxyl groups excluding tert-OH is 2. The Morgan fingerprint density at radius 2 is 1.38 bits per heavy atom. The molecule has 0 aliphatic rings. The summed E-state index contributed by atoms with van der Waals surface area (Å²) in [6.45, 7) is 3.40. The zero-order valence-corrected chi connectivity index (χ0v) is 28.2. The third-order valence-electron chi connectivity index (χ3n) is 7.78. The quantitative estimate of drug-likeness (QED) is 0.133. The molecule has 0 radical (unpaired) electrons. The highest BCUT2D eigenvalue weighted by molar-refractivity contribution is 7.90. The molecule has 2 unspecified atom stereocenters. The predicted molar refractivity (Wildman–Crippen MR) is 176 cm³/mol. The van der Waals surface area contributed by atoms with Crippen LogP contribution in [0, 0.1) is 11.6 Å². The Morgan fingerprint density at radius 3 is 1.88 bits per heavy atom. The standard InChI is InChI=1S/C34H38F2N2O8S2/c1-21(2)32-34(48(45,46)37-20-22-4-14-29(15-5-22)47(3,43)44)31(23-6-10-25(35)11-7-23)33(24-8-12-26(36)13-9-24)38(32)17-16-27(39)18-28(40)19-30(41)42/h4-15,21,27-28,37,39-40H,16-20H2,1-3H3,(H,41,42). The number of aliphatic hydroxyl groups is 2. The molecule has 0 saturated carbocycles. The zero-order valence-electron chi connectivity index (χ0n) is 26.6. The summed E-state index contributed by atoms with van der Waals surface area (Å²) in [7, 11) is -7.84. The van der Waals surface area contributed by atoms with Gasteiger partial charge in [-0.25, -0.2) is 30.3 Å². The molecule has 1 heterocycles. The van der Waals surface area contributed by atoms with Gasteiger partial charge < -0.3 is 19.9 Å². The van der Waals surface area contributed by atoms with Crippen LogP contribution < -0.4 is 4.72 Å². The minimum atomic E-state index is -4.38. The van der Waals surface area contributed by atoms with E-state index >= 15 is 0 Å². The molecule has 2 atom stereocenters. The van der Waals surface area contributed by atoms with Crippen molar-refractivity contribution < 1.29 is 45.7 Å². The SMILES string of the molecule is CC(C)c1c(S(=O)(=O)NCc2ccc(S(C)(=O)=O)cc2)c(-c2ccc(F)cc2)c(-c2ccc(F)cc2)n1CCC(O)CC(O)CC(=O)O. The lowest BCUT2D eigenvalue weighted by atomic mass is 10.00. The largest absolute Gasteiger partial charge is 0.481 e. The average Bonchev–Trinajstić information content (AvgIpc) is 3.35. The molecule has 4 rings (SSSR count). The first-order chi connectivity index (χ1) is 22.5. The number of hydrogen-bond acceptors (Lipinski definition) is 7. The van der Waals surface area contributed by atoms with E-state index in [0.717, 1.165) is 6.26 Å². The van der Waals surface area contributed by atoms with E-state index in [4.69, 9.17) is 5.11 Å². The molecule has 0 amide bonds. The number of aliphatic carboxylic acids is 1. The molecule has 4 N–H and O–H groups in total. The number of hydrogen-bond donors (Lipinski definition) is 4. The molecule has 10 nitrogen and oxygen atoms in total. The molecule has 258 valence electrons. The maximum atomic E-state index is 14.4. The molecule has 0 bridgehead atoms. The molecule has 14 heteroatoms. The molecular weight excluding hydrogens is 667 g/mol. The Kier molecular flexibility index (Phi) is 11.6. The van der Waals surface area contributed by atoms with Crippen molar-refractivity contribution >= 4 is 25.8 Å². The summed E-state index contributed by atoms with van der Waals surface area (Å²) < 4.78 is 85.1. The predicted octanol–water partition coefficient (Wildman–Crippen LogP) is 5.08. The van der Waals surface area contributed by atoms with Gasteiger partial charge in [0.15, 0.2) is 9.84 Å². The Morgan fingerprint density at radius 1 is 0.833 bits per heavy atom. The molecule has 0 spiro atoms. The molecule has 0 aliphatic carbocycles. The van der Waals surface area contributed by atoms with E-state index in [2.05, 4.69) is 4.72 Å². The van der Waals surface area contributed by atoms with Gasteiger partial charge in [-0.1, -0.05) is 38.1 Å². The van der Waals surface area contributed by atoms with Gasteiger partial charge in [-0.2, -0.15) is 0 Å². The number of aromatic nitrogens is 1. The van der Waals surface area contributed by atoms with Gasteiger partial charge in [0.2, 0.25) is 10.0 Å². The van der Waals surface area contributed by atoms with E-state index in [-0.39, 0.29) is 41.3 Å². The highest BCUT2D eigenvalue weighted by atomic mass is 32.2. The fourth-order valence-corrected chi connectivity index (χ4v) is 7.82. The Bertz CT molecular complexity index is 1960. The van der Waals surface area contributed by atoms with Crippen LogP contribution in [0.5, 0.6) is 0 Å². The Hall–Kier alpha value is -3.95. The number of carbonyl (C=O) groups is 1. The third kappa shape index (κ3) is 8.94. The summed E-state index contributed by atoms with van der Waals surface area (Å²) in [4.78, 5) is 11.0. The van der Waals surface area contributed by atoms with E-state index in [9.17, 15) is 40.6 Å². The van der Waals surface area contributed by atoms with Crippen molar-refractivity contribution in [2.24, 2.45) is 0 Å². The van der Waals surface area contributed by atoms with Crippen LogP contribution in [0.1, 0.15) is 50.3 Å². The maximum absolute atomic E-state index is 14.4. The van der Waals surface area contributed by atoms with Crippen LogP contribution in [-0.2, 0) is 37.7 Å². The maximum Gasteiger partial charge on any atom is 0.305 e. The van der Waals surface area contributed by atoms with Gasteiger partial charge in [-0.15, -0.1) is 0 Å². The Labute approximate surface area is 278 Å². The fraction of sp³-hybridized carbons (Fsp3) is 0.324. The number of sulfonamides is 1. The number of rotatable bonds is 15. The summed E-state index contributed by atoms with van der Waals surface area (Å²) in [5.41, 5.74) is 2.20. The first kappa shape index (κ1) is 36.9. The minimum absolute atomic E-state index is 0.00172. The molecule has 0 aliphatic heterocycles. The monoisotopic (exact) mass is 704 g/mol. The van der Waals surface area contributed by atoms with Gasteiger partial charge >= 0.3 is 5.97 Å². The molecule has 48 heavy (non-hydrogen) atoms. The first-order valence-corrected chi connectivity index (χ1v) is 18.5. The van der Waals surface area contributed by atoms with Crippen molar-refractivity contribution in [2.75, 3.05) is 6.26 Å². The van der Waals surface area contributed by atoms with Crippen LogP contribution in [0.2, 0.25) is 0 Å². The molecule has 3 aromatic carbocycles. The van der Waals surface area contributed by atoms with Crippen LogP contribution in [0.15, 0.2) is 82.6 Å². The molecule has 4 aromatic rings. The smallest absolute Gasteiger partial charge is 0.305 e. The van der Waals surface area contributed by atoms with Crippen molar-refractivity contribution in [3.63, 3.8) is 0 Å². The van der Waals surface area contributed by atoms with Gasteiger partial charge in [0.05, 0.1) is 29.2 Å². The fourth-order valence-electron chi connectivity index (χ4n) is 5.58. The summed E-state index contributed by atoms with van der Waals surface area (Å²) in [5, 5.41) is 29.8. The summed E-state index contributed by atoms with van der Waals surface area (Å²) in [5.74, 6) is -2.73. The second-order valence-electron chi connectivity index (χ2n) is 11.9. The highest BCUT2D eigenvalue weighted by Crippen LogP contribution is 2.44. The average molecular weight is 705 g/mol. The van der Waals surface area contributed by atoms with E-state index in [1.807, 2.05) is 0 Å². The van der Waals surface area contributed by atoms with E-state index in [1.54, 1.807) is 18.4 Å². The minimum Gasteiger partial charge on any atom is -0.481 e. The lowest BCUT2D eigenvalue weighted by molar-refractivity contribution is -0.139. The number of nitrogens with one attached hydrogen (secondary N) is 1. The number of halogens is 2. The van der Waals surface area contributed by atoms with Crippen molar-refractivity contribution in [2.45, 2.75) is 74.1 Å². The zero-order chi connectivity index (χ0) is 35.4. The van der Waals surface area contributed by atoms with E-state index in [1.165, 1.54) is 72.8 Å². The van der Waals surface area contributed by atoms with Crippen molar-refractivity contribution in [1.82, 2.24) is 9.29 Å². The number of sulfone groups is 1. The van der Waals surface area contributed by atoms with Crippen molar-refractivity contribution in [3.8, 4) is 22.4 Å². The van der Waals surface area contributed by atoms with E-state index < -0.39 is 62.0 Å². The van der Waals surface area contributed by atoms with Crippen LogP contribution >= 0.6 is 0 Å². The number of carboxylic acid groups (broad SMARTS) is 1. The lowest BCUT2D eigenvalue weighted by Crippen LogP contribution is -2.25. The summed E-state index contributed by atoms with van der Waals surface area (Å²) in [6, 6.07) is 16.4. The van der Waals surface area contributed by atoms with Crippen LogP contribution in [0.25, 0.3) is 22.4 Å². The van der Waals surface area contributed by atoms with Gasteiger partial charge in [0, 0.05) is 30.6 Å². The van der Waals surface area contributed by atoms with Gasteiger partial charge in [-0.05, 0) is 84.0 Å².